The minimum absolute atomic E-state index is 0.0254. The second-order valence-electron chi connectivity index (χ2n) is 5.07. The average molecular weight is 232 g/mol. The maximum Gasteiger partial charge on any atom is 0.185 e. The summed E-state index contributed by atoms with van der Waals surface area (Å²) in [6, 6.07) is 1.24. The van der Waals surface area contributed by atoms with Gasteiger partial charge in [-0.2, -0.15) is 0 Å². The van der Waals surface area contributed by atoms with E-state index in [1.807, 2.05) is 6.92 Å². The lowest BCUT2D eigenvalue weighted by atomic mass is 10.2. The van der Waals surface area contributed by atoms with Crippen molar-refractivity contribution >= 4 is 9.04 Å². The molecule has 0 radical (unpaired) electrons. The van der Waals surface area contributed by atoms with Gasteiger partial charge in [0.2, 0.25) is 0 Å². The van der Waals surface area contributed by atoms with Crippen molar-refractivity contribution in [3.05, 3.63) is 0 Å². The molecule has 0 aliphatic rings. The number of hydrogen-bond acceptors (Lipinski definition) is 2. The summed E-state index contributed by atoms with van der Waals surface area (Å²) in [7, 11) is -1.15. The molecule has 2 atom stereocenters. The van der Waals surface area contributed by atoms with Crippen LogP contribution < -0.4 is 0 Å². The molecule has 0 fully saturated rings. The molecule has 2 unspecified atom stereocenters. The van der Waals surface area contributed by atoms with Crippen LogP contribution in [-0.4, -0.2) is 21.9 Å². The molecule has 0 N–H and O–H groups in total. The fraction of sp³-hybridized carbons (Fsp3) is 1.00. The number of hydrogen-bond donors (Lipinski definition) is 0. The van der Waals surface area contributed by atoms with Gasteiger partial charge in [-0.15, -0.1) is 0 Å². The molecule has 0 bridgehead atoms. The molecule has 92 valence electrons. The van der Waals surface area contributed by atoms with Crippen molar-refractivity contribution in [2.75, 3.05) is 6.61 Å². The molecule has 0 saturated heterocycles. The zero-order chi connectivity index (χ0) is 11.9. The molecule has 0 amide bonds. The van der Waals surface area contributed by atoms with E-state index in [1.165, 1.54) is 12.5 Å². The highest BCUT2D eigenvalue weighted by Gasteiger charge is 2.29. The second-order valence-corrected chi connectivity index (χ2v) is 8.63. The maximum absolute atomic E-state index is 6.16. The lowest BCUT2D eigenvalue weighted by Crippen LogP contribution is -2.34. The molecule has 0 aliphatic carbocycles. The summed E-state index contributed by atoms with van der Waals surface area (Å²) in [5.74, 6) is 0. The first-order valence-electron chi connectivity index (χ1n) is 6.22. The fourth-order valence-corrected chi connectivity index (χ4v) is 4.16. The first kappa shape index (κ1) is 15.1. The Hall–Kier alpha value is 0.137. The summed E-state index contributed by atoms with van der Waals surface area (Å²) in [4.78, 5) is 0. The van der Waals surface area contributed by atoms with Gasteiger partial charge in [-0.1, -0.05) is 41.0 Å². The smallest absolute Gasteiger partial charge is 0.185 e. The second kappa shape index (κ2) is 7.42. The largest absolute Gasteiger partial charge is 0.395 e. The first-order chi connectivity index (χ1) is 6.95. The van der Waals surface area contributed by atoms with Gasteiger partial charge in [0.15, 0.2) is 9.04 Å². The van der Waals surface area contributed by atoms with Gasteiger partial charge >= 0.3 is 0 Å². The zero-order valence-corrected chi connectivity index (χ0v) is 12.5. The van der Waals surface area contributed by atoms with Gasteiger partial charge in [0.25, 0.3) is 0 Å². The fourth-order valence-electron chi connectivity index (χ4n) is 1.59. The van der Waals surface area contributed by atoms with E-state index >= 15 is 0 Å². The minimum Gasteiger partial charge on any atom is -0.395 e. The summed E-state index contributed by atoms with van der Waals surface area (Å²) < 4.78 is 11.7. The van der Waals surface area contributed by atoms with E-state index in [1.54, 1.807) is 0 Å². The van der Waals surface area contributed by atoms with Crippen LogP contribution in [0.2, 0.25) is 11.1 Å². The SMILES string of the molecule is CCC[SiH](OC(CC)OCC)C(C)(C)C. The van der Waals surface area contributed by atoms with Gasteiger partial charge in [-0.05, 0) is 24.4 Å². The highest BCUT2D eigenvalue weighted by atomic mass is 28.3. The van der Waals surface area contributed by atoms with E-state index in [4.69, 9.17) is 9.16 Å². The van der Waals surface area contributed by atoms with Crippen molar-refractivity contribution in [1.82, 2.24) is 0 Å². The summed E-state index contributed by atoms with van der Waals surface area (Å²) in [6.07, 6.45) is 2.20. The molecule has 15 heavy (non-hydrogen) atoms. The normalized spacial score (nSPS) is 16.4. The Balaban J connectivity index is 4.25. The summed E-state index contributed by atoms with van der Waals surface area (Å²) in [5.41, 5.74) is 0. The van der Waals surface area contributed by atoms with Crippen molar-refractivity contribution in [2.24, 2.45) is 0 Å². The van der Waals surface area contributed by atoms with Crippen LogP contribution in [0.15, 0.2) is 0 Å². The van der Waals surface area contributed by atoms with Gasteiger partial charge in [0.1, 0.15) is 6.29 Å². The third-order valence-corrected chi connectivity index (χ3v) is 6.18. The Labute approximate surface area is 97.1 Å². The van der Waals surface area contributed by atoms with Crippen LogP contribution >= 0.6 is 0 Å². The van der Waals surface area contributed by atoms with E-state index in [0.29, 0.717) is 5.04 Å². The quantitative estimate of drug-likeness (QED) is 0.492. The Morgan fingerprint density at radius 2 is 1.73 bits per heavy atom. The first-order valence-corrected chi connectivity index (χ1v) is 8.09. The molecule has 0 rings (SSSR count). The van der Waals surface area contributed by atoms with Gasteiger partial charge < -0.3 is 9.16 Å². The van der Waals surface area contributed by atoms with Crippen molar-refractivity contribution in [3.63, 3.8) is 0 Å². The van der Waals surface area contributed by atoms with Crippen LogP contribution in [0.25, 0.3) is 0 Å². The molecule has 0 aromatic rings. The topological polar surface area (TPSA) is 18.5 Å². The number of rotatable bonds is 7. The van der Waals surface area contributed by atoms with Crippen LogP contribution in [0, 0.1) is 0 Å². The molecule has 3 heteroatoms. The predicted molar refractivity (Wildman–Crippen MR) is 68.8 cm³/mol. The summed E-state index contributed by atoms with van der Waals surface area (Å²) in [6.45, 7) is 14.0. The summed E-state index contributed by atoms with van der Waals surface area (Å²) in [5, 5.41) is 0.334. The van der Waals surface area contributed by atoms with E-state index in [0.717, 1.165) is 13.0 Å². The van der Waals surface area contributed by atoms with Crippen molar-refractivity contribution in [3.8, 4) is 0 Å². The van der Waals surface area contributed by atoms with E-state index in [2.05, 4.69) is 34.6 Å². The Morgan fingerprint density at radius 3 is 2.07 bits per heavy atom. The Morgan fingerprint density at radius 1 is 1.13 bits per heavy atom. The highest BCUT2D eigenvalue weighted by molar-refractivity contribution is 6.55. The van der Waals surface area contributed by atoms with Crippen LogP contribution in [0.5, 0.6) is 0 Å². The van der Waals surface area contributed by atoms with E-state index < -0.39 is 9.04 Å². The van der Waals surface area contributed by atoms with Crippen LogP contribution in [0.4, 0.5) is 0 Å². The molecular weight excluding hydrogens is 204 g/mol. The number of ether oxygens (including phenoxy) is 1. The predicted octanol–water partition coefficient (Wildman–Crippen LogP) is 3.71. The standard InChI is InChI=1S/C12H28O2Si/c1-7-10-15(12(4,5)6)14-11(8-2)13-9-3/h11,15H,7-10H2,1-6H3. The molecule has 2 nitrogen and oxygen atoms in total. The summed E-state index contributed by atoms with van der Waals surface area (Å²) >= 11 is 0. The van der Waals surface area contributed by atoms with Crippen molar-refractivity contribution < 1.29 is 9.16 Å². The van der Waals surface area contributed by atoms with Crippen LogP contribution in [0.3, 0.4) is 0 Å². The van der Waals surface area contributed by atoms with Gasteiger partial charge in [0, 0.05) is 6.61 Å². The molecule has 0 aliphatic heterocycles. The monoisotopic (exact) mass is 232 g/mol. The van der Waals surface area contributed by atoms with Crippen LogP contribution in [-0.2, 0) is 9.16 Å². The van der Waals surface area contributed by atoms with Gasteiger partial charge in [0.05, 0.1) is 0 Å². The maximum atomic E-state index is 6.16. The van der Waals surface area contributed by atoms with Crippen molar-refractivity contribution in [2.45, 2.75) is 71.8 Å². The molecule has 0 aromatic heterocycles. The minimum atomic E-state index is -1.15. The molecular formula is C12H28O2Si. The Bertz CT molecular complexity index is 154. The Kier molecular flexibility index (Phi) is 7.48. The van der Waals surface area contributed by atoms with E-state index in [-0.39, 0.29) is 6.29 Å². The average Bonchev–Trinajstić information content (AvgIpc) is 2.14. The molecule has 0 spiro atoms. The third-order valence-electron chi connectivity index (χ3n) is 2.52. The lowest BCUT2D eigenvalue weighted by molar-refractivity contribution is -0.0818. The van der Waals surface area contributed by atoms with Gasteiger partial charge in [-0.3, -0.25) is 0 Å². The third kappa shape index (κ3) is 6.33. The molecule has 0 heterocycles. The van der Waals surface area contributed by atoms with E-state index in [9.17, 15) is 0 Å². The van der Waals surface area contributed by atoms with Gasteiger partial charge in [-0.25, -0.2) is 0 Å². The lowest BCUT2D eigenvalue weighted by Gasteiger charge is -2.32. The molecule has 0 saturated carbocycles. The van der Waals surface area contributed by atoms with Crippen LogP contribution in [0.1, 0.15) is 54.4 Å². The molecule has 0 aromatic carbocycles. The zero-order valence-electron chi connectivity index (χ0n) is 11.3. The highest BCUT2D eigenvalue weighted by Crippen LogP contribution is 2.31. The van der Waals surface area contributed by atoms with Crippen molar-refractivity contribution in [1.29, 1.82) is 0 Å².